The van der Waals surface area contributed by atoms with Crippen LogP contribution in [0.15, 0.2) is 18.2 Å². The van der Waals surface area contributed by atoms with Gasteiger partial charge in [0, 0.05) is 11.7 Å². The van der Waals surface area contributed by atoms with E-state index in [2.05, 4.69) is 10.6 Å². The average molecular weight is 406 g/mol. The van der Waals surface area contributed by atoms with Crippen molar-refractivity contribution >= 4 is 29.1 Å². The lowest BCUT2D eigenvalue weighted by atomic mass is 10.2. The Morgan fingerprint density at radius 1 is 1.30 bits per heavy atom. The van der Waals surface area contributed by atoms with E-state index >= 15 is 0 Å². The molecule has 2 N–H and O–H groups in total. The normalized spacial score (nSPS) is 16.4. The van der Waals surface area contributed by atoms with E-state index in [-0.39, 0.29) is 24.2 Å². The predicted molar refractivity (Wildman–Crippen MR) is 97.6 cm³/mol. The molecule has 0 saturated heterocycles. The van der Waals surface area contributed by atoms with E-state index in [9.17, 15) is 22.8 Å². The van der Waals surface area contributed by atoms with Crippen molar-refractivity contribution in [2.45, 2.75) is 50.9 Å². The van der Waals surface area contributed by atoms with Crippen molar-refractivity contribution in [3.05, 3.63) is 28.8 Å². The van der Waals surface area contributed by atoms with Crippen LogP contribution in [0.5, 0.6) is 0 Å². The zero-order valence-electron chi connectivity index (χ0n) is 15.2. The van der Waals surface area contributed by atoms with E-state index in [0.29, 0.717) is 0 Å². The average Bonchev–Trinajstić information content (AvgIpc) is 3.07. The molecule has 150 valence electrons. The molecular formula is C18H23ClF3N3O2. The Hall–Kier alpha value is -1.80. The van der Waals surface area contributed by atoms with Crippen molar-refractivity contribution in [1.82, 2.24) is 10.2 Å². The van der Waals surface area contributed by atoms with Crippen LogP contribution in [0, 0.1) is 0 Å². The molecule has 0 spiro atoms. The number of alkyl halides is 3. The van der Waals surface area contributed by atoms with Gasteiger partial charge in [-0.25, -0.2) is 0 Å². The zero-order chi connectivity index (χ0) is 20.2. The van der Waals surface area contributed by atoms with E-state index in [1.807, 2.05) is 0 Å². The van der Waals surface area contributed by atoms with Crippen molar-refractivity contribution in [2.75, 3.05) is 18.9 Å². The van der Waals surface area contributed by atoms with Crippen LogP contribution in [0.2, 0.25) is 5.02 Å². The van der Waals surface area contributed by atoms with Gasteiger partial charge in [-0.3, -0.25) is 14.5 Å². The van der Waals surface area contributed by atoms with Crippen LogP contribution in [0.1, 0.15) is 38.2 Å². The SMILES string of the molecule is C[C@@H](C(=O)NC1CCCC1)N(C)CC(=O)Nc1ccc(Cl)c(C(F)(F)F)c1. The number of anilines is 1. The second kappa shape index (κ2) is 8.93. The highest BCUT2D eigenvalue weighted by Crippen LogP contribution is 2.36. The molecule has 0 aromatic heterocycles. The topological polar surface area (TPSA) is 61.4 Å². The summed E-state index contributed by atoms with van der Waals surface area (Å²) < 4.78 is 38.7. The number of likely N-dealkylation sites (N-methyl/N-ethyl adjacent to an activating group) is 1. The van der Waals surface area contributed by atoms with Gasteiger partial charge in [0.2, 0.25) is 11.8 Å². The number of halogens is 4. The van der Waals surface area contributed by atoms with Gasteiger partial charge < -0.3 is 10.6 Å². The first kappa shape index (κ1) is 21.5. The first-order valence-electron chi connectivity index (χ1n) is 8.75. The quantitative estimate of drug-likeness (QED) is 0.759. The number of hydrogen-bond acceptors (Lipinski definition) is 3. The minimum atomic E-state index is -4.61. The van der Waals surface area contributed by atoms with Crippen molar-refractivity contribution < 1.29 is 22.8 Å². The molecule has 0 radical (unpaired) electrons. The molecule has 0 unspecified atom stereocenters. The molecule has 0 bridgehead atoms. The first-order chi connectivity index (χ1) is 12.6. The number of benzene rings is 1. The van der Waals surface area contributed by atoms with Crippen molar-refractivity contribution in [3.8, 4) is 0 Å². The number of hydrogen-bond donors (Lipinski definition) is 2. The van der Waals surface area contributed by atoms with Crippen LogP contribution in [0.4, 0.5) is 18.9 Å². The van der Waals surface area contributed by atoms with E-state index in [0.717, 1.165) is 37.8 Å². The summed E-state index contributed by atoms with van der Waals surface area (Å²) >= 11 is 5.56. The summed E-state index contributed by atoms with van der Waals surface area (Å²) in [4.78, 5) is 25.9. The molecule has 27 heavy (non-hydrogen) atoms. The molecule has 1 saturated carbocycles. The fourth-order valence-electron chi connectivity index (χ4n) is 2.98. The molecule has 9 heteroatoms. The number of carbonyl (C=O) groups is 2. The Morgan fingerprint density at radius 3 is 2.52 bits per heavy atom. The summed E-state index contributed by atoms with van der Waals surface area (Å²) in [6, 6.07) is 2.81. The van der Waals surface area contributed by atoms with E-state index in [1.165, 1.54) is 6.07 Å². The summed E-state index contributed by atoms with van der Waals surface area (Å²) in [7, 11) is 1.61. The van der Waals surface area contributed by atoms with E-state index < -0.39 is 28.7 Å². The zero-order valence-corrected chi connectivity index (χ0v) is 16.0. The lowest BCUT2D eigenvalue weighted by molar-refractivity contribution is -0.137. The number of nitrogens with zero attached hydrogens (tertiary/aromatic N) is 1. The number of rotatable bonds is 6. The number of amides is 2. The van der Waals surface area contributed by atoms with Gasteiger partial charge >= 0.3 is 6.18 Å². The fourth-order valence-corrected chi connectivity index (χ4v) is 3.20. The summed E-state index contributed by atoms with van der Waals surface area (Å²) in [6.45, 7) is 1.55. The molecule has 2 amide bonds. The standard InChI is InChI=1S/C18H23ClF3N3O2/c1-11(17(27)24-12-5-3-4-6-12)25(2)10-16(26)23-13-7-8-15(19)14(9-13)18(20,21)22/h7-9,11-12H,3-6,10H2,1-2H3,(H,23,26)(H,24,27)/t11-/m0/s1. The highest BCUT2D eigenvalue weighted by molar-refractivity contribution is 6.31. The Kier molecular flexibility index (Phi) is 7.11. The molecule has 1 aliphatic rings. The fraction of sp³-hybridized carbons (Fsp3) is 0.556. The number of nitrogens with one attached hydrogen (secondary N) is 2. The molecule has 1 aromatic carbocycles. The number of carbonyl (C=O) groups excluding carboxylic acids is 2. The summed E-state index contributed by atoms with van der Waals surface area (Å²) in [6.07, 6.45) is -0.500. The van der Waals surface area contributed by atoms with E-state index in [4.69, 9.17) is 11.6 Å². The summed E-state index contributed by atoms with van der Waals surface area (Å²) in [5, 5.41) is 4.93. The van der Waals surface area contributed by atoms with Crippen molar-refractivity contribution in [2.24, 2.45) is 0 Å². The van der Waals surface area contributed by atoms with Crippen LogP contribution >= 0.6 is 11.6 Å². The van der Waals surface area contributed by atoms with Crippen LogP contribution in [0.25, 0.3) is 0 Å². The predicted octanol–water partition coefficient (Wildman–Crippen LogP) is 3.68. The molecule has 1 aliphatic carbocycles. The lowest BCUT2D eigenvalue weighted by Gasteiger charge is -2.25. The molecule has 0 aliphatic heterocycles. The molecular weight excluding hydrogens is 383 g/mol. The van der Waals surface area contributed by atoms with Gasteiger partial charge in [-0.15, -0.1) is 0 Å². The molecule has 1 atom stereocenters. The smallest absolute Gasteiger partial charge is 0.352 e. The minimum absolute atomic E-state index is 0.00631. The molecule has 0 heterocycles. The lowest BCUT2D eigenvalue weighted by Crippen LogP contribution is -2.48. The second-order valence-corrected chi connectivity index (χ2v) is 7.23. The Labute approximate surface area is 161 Å². The Bertz CT molecular complexity index is 691. The van der Waals surface area contributed by atoms with Crippen LogP contribution < -0.4 is 10.6 Å². The first-order valence-corrected chi connectivity index (χ1v) is 9.13. The largest absolute Gasteiger partial charge is 0.417 e. The monoisotopic (exact) mass is 405 g/mol. The maximum atomic E-state index is 12.9. The van der Waals surface area contributed by atoms with Gasteiger partial charge in [0.25, 0.3) is 0 Å². The third-order valence-electron chi connectivity index (χ3n) is 4.69. The van der Waals surface area contributed by atoms with Crippen LogP contribution in [-0.4, -0.2) is 42.4 Å². The third-order valence-corrected chi connectivity index (χ3v) is 5.02. The van der Waals surface area contributed by atoms with Gasteiger partial charge in [-0.1, -0.05) is 24.4 Å². The summed E-state index contributed by atoms with van der Waals surface area (Å²) in [5.41, 5.74) is -1.02. The van der Waals surface area contributed by atoms with E-state index in [1.54, 1.807) is 18.9 Å². The molecule has 2 rings (SSSR count). The maximum Gasteiger partial charge on any atom is 0.417 e. The molecule has 1 fully saturated rings. The highest BCUT2D eigenvalue weighted by Gasteiger charge is 2.33. The minimum Gasteiger partial charge on any atom is -0.352 e. The van der Waals surface area contributed by atoms with Gasteiger partial charge in [0.15, 0.2) is 0 Å². The van der Waals surface area contributed by atoms with Gasteiger partial charge in [-0.2, -0.15) is 13.2 Å². The van der Waals surface area contributed by atoms with Gasteiger partial charge in [0.05, 0.1) is 23.2 Å². The Balaban J connectivity index is 1.91. The van der Waals surface area contributed by atoms with Gasteiger partial charge in [-0.05, 0) is 45.0 Å². The van der Waals surface area contributed by atoms with Crippen molar-refractivity contribution in [1.29, 1.82) is 0 Å². The third kappa shape index (κ3) is 6.10. The maximum absolute atomic E-state index is 12.9. The molecule has 5 nitrogen and oxygen atoms in total. The van der Waals surface area contributed by atoms with Crippen LogP contribution in [-0.2, 0) is 15.8 Å². The molecule has 1 aromatic rings. The van der Waals surface area contributed by atoms with Gasteiger partial charge in [0.1, 0.15) is 0 Å². The Morgan fingerprint density at radius 2 is 1.93 bits per heavy atom. The van der Waals surface area contributed by atoms with Crippen molar-refractivity contribution in [3.63, 3.8) is 0 Å². The highest BCUT2D eigenvalue weighted by atomic mass is 35.5. The second-order valence-electron chi connectivity index (χ2n) is 6.82. The summed E-state index contributed by atoms with van der Waals surface area (Å²) in [5.74, 6) is -0.684. The van der Waals surface area contributed by atoms with Crippen LogP contribution in [0.3, 0.4) is 0 Å².